The number of thioether (sulfide) groups is 1. The van der Waals surface area contributed by atoms with E-state index in [1.165, 1.54) is 11.8 Å². The van der Waals surface area contributed by atoms with Crippen molar-refractivity contribution in [2.24, 2.45) is 0 Å². The zero-order chi connectivity index (χ0) is 14.7. The van der Waals surface area contributed by atoms with Gasteiger partial charge in [-0.1, -0.05) is 17.7 Å². The lowest BCUT2D eigenvalue weighted by Gasteiger charge is -2.06. The molecule has 0 bridgehead atoms. The Morgan fingerprint density at radius 2 is 2.05 bits per heavy atom. The molecule has 0 aliphatic carbocycles. The van der Waals surface area contributed by atoms with Crippen molar-refractivity contribution >= 4 is 29.3 Å². The Labute approximate surface area is 126 Å². The molecule has 0 fully saturated rings. The molecule has 0 unspecified atom stereocenters. The molecule has 0 aliphatic heterocycles. The van der Waals surface area contributed by atoms with Gasteiger partial charge in [0, 0.05) is 10.6 Å². The van der Waals surface area contributed by atoms with Crippen molar-refractivity contribution in [3.8, 4) is 0 Å². The number of rotatable bonds is 4. The van der Waals surface area contributed by atoms with E-state index in [-0.39, 0.29) is 0 Å². The average molecular weight is 309 g/mol. The second kappa shape index (κ2) is 6.24. The number of aromatic carboxylic acids is 1. The minimum atomic E-state index is -0.917. The van der Waals surface area contributed by atoms with Crippen LogP contribution in [0, 0.1) is 13.8 Å². The van der Waals surface area contributed by atoms with Gasteiger partial charge in [0.2, 0.25) is 0 Å². The summed E-state index contributed by atoms with van der Waals surface area (Å²) in [7, 11) is 0. The summed E-state index contributed by atoms with van der Waals surface area (Å²) in [6.07, 6.45) is 0. The number of carboxylic acid groups (broad SMARTS) is 1. The van der Waals surface area contributed by atoms with E-state index in [1.807, 2.05) is 13.0 Å². The monoisotopic (exact) mass is 308 g/mol. The lowest BCUT2D eigenvalue weighted by Crippen LogP contribution is -2.00. The fourth-order valence-electron chi connectivity index (χ4n) is 1.72. The molecule has 0 saturated heterocycles. The molecule has 1 heterocycles. The van der Waals surface area contributed by atoms with Crippen LogP contribution in [0.15, 0.2) is 29.2 Å². The maximum atomic E-state index is 11.1. The summed E-state index contributed by atoms with van der Waals surface area (Å²) in [5, 5.41) is 9.52. The van der Waals surface area contributed by atoms with Crippen LogP contribution in [0.25, 0.3) is 0 Å². The van der Waals surface area contributed by atoms with Gasteiger partial charge >= 0.3 is 5.97 Å². The number of nitrogens with zero attached hydrogens (tertiary/aromatic N) is 2. The Bertz CT molecular complexity index is 641. The fourth-order valence-corrected chi connectivity index (χ4v) is 2.77. The summed E-state index contributed by atoms with van der Waals surface area (Å²) < 4.78 is 0. The molecule has 20 heavy (non-hydrogen) atoms. The topological polar surface area (TPSA) is 63.1 Å². The van der Waals surface area contributed by atoms with Gasteiger partial charge in [0.25, 0.3) is 0 Å². The number of benzene rings is 1. The number of hydrogen-bond donors (Lipinski definition) is 1. The maximum absolute atomic E-state index is 11.1. The van der Waals surface area contributed by atoms with E-state index in [0.717, 1.165) is 16.2 Å². The number of carboxylic acids is 1. The minimum absolute atomic E-state index is 0.318. The highest BCUT2D eigenvalue weighted by Crippen LogP contribution is 2.24. The van der Waals surface area contributed by atoms with Crippen molar-refractivity contribution in [3.05, 3.63) is 52.1 Å². The number of hydrogen-bond acceptors (Lipinski definition) is 4. The predicted octanol–water partition coefficient (Wildman–Crippen LogP) is 3.74. The second-order valence-corrected chi connectivity index (χ2v) is 5.75. The first-order valence-corrected chi connectivity index (χ1v) is 7.29. The minimum Gasteiger partial charge on any atom is -0.478 e. The van der Waals surface area contributed by atoms with Crippen molar-refractivity contribution in [2.45, 2.75) is 24.5 Å². The lowest BCUT2D eigenvalue weighted by atomic mass is 10.1. The normalized spacial score (nSPS) is 10.6. The van der Waals surface area contributed by atoms with Crippen LogP contribution in [0.3, 0.4) is 0 Å². The zero-order valence-electron chi connectivity index (χ0n) is 11.1. The van der Waals surface area contributed by atoms with Crippen LogP contribution in [0.4, 0.5) is 0 Å². The van der Waals surface area contributed by atoms with Crippen LogP contribution in [-0.2, 0) is 5.75 Å². The highest BCUT2D eigenvalue weighted by molar-refractivity contribution is 7.98. The Kier molecular flexibility index (Phi) is 4.62. The van der Waals surface area contributed by atoms with E-state index in [2.05, 4.69) is 9.97 Å². The van der Waals surface area contributed by atoms with Crippen LogP contribution in [0.2, 0.25) is 5.15 Å². The summed E-state index contributed by atoms with van der Waals surface area (Å²) in [6, 6.07) is 7.06. The molecule has 1 aromatic heterocycles. The van der Waals surface area contributed by atoms with Crippen molar-refractivity contribution in [2.75, 3.05) is 0 Å². The fraction of sp³-hybridized carbons (Fsp3) is 0.214. The molecule has 1 aromatic carbocycles. The molecule has 0 saturated carbocycles. The molecule has 0 amide bonds. The molecule has 1 N–H and O–H groups in total. The molecular formula is C14H13ClN2O2S. The van der Waals surface area contributed by atoms with Gasteiger partial charge in [-0.3, -0.25) is 0 Å². The van der Waals surface area contributed by atoms with Gasteiger partial charge in [-0.05, 0) is 37.6 Å². The molecule has 4 nitrogen and oxygen atoms in total. The smallest absolute Gasteiger partial charge is 0.335 e. The number of halogens is 1. The van der Waals surface area contributed by atoms with Crippen molar-refractivity contribution < 1.29 is 9.90 Å². The van der Waals surface area contributed by atoms with Crippen molar-refractivity contribution in [1.29, 1.82) is 0 Å². The van der Waals surface area contributed by atoms with Gasteiger partial charge < -0.3 is 5.11 Å². The van der Waals surface area contributed by atoms with E-state index in [4.69, 9.17) is 16.7 Å². The van der Waals surface area contributed by atoms with Crippen LogP contribution in [0.1, 0.15) is 27.4 Å². The molecule has 0 radical (unpaired) electrons. The van der Waals surface area contributed by atoms with Gasteiger partial charge in [-0.15, -0.1) is 11.8 Å². The van der Waals surface area contributed by atoms with Gasteiger partial charge in [-0.2, -0.15) is 0 Å². The quantitative estimate of drug-likeness (QED) is 0.688. The third kappa shape index (κ3) is 3.71. The predicted molar refractivity (Wildman–Crippen MR) is 79.5 cm³/mol. The summed E-state index contributed by atoms with van der Waals surface area (Å²) in [4.78, 5) is 20.4. The van der Waals surface area contributed by atoms with E-state index in [0.29, 0.717) is 22.3 Å². The van der Waals surface area contributed by atoms with Crippen molar-refractivity contribution in [1.82, 2.24) is 9.97 Å². The molecular weight excluding hydrogens is 296 g/mol. The third-order valence-electron chi connectivity index (χ3n) is 2.68. The van der Waals surface area contributed by atoms with E-state index in [9.17, 15) is 4.79 Å². The van der Waals surface area contributed by atoms with Gasteiger partial charge in [0.1, 0.15) is 11.0 Å². The summed E-state index contributed by atoms with van der Waals surface area (Å²) >= 11 is 7.37. The standard InChI is InChI=1S/C14H13ClN2O2S/c1-8-3-4-10(6-11(8)14(18)19)20-7-13-16-9(2)5-12(15)17-13/h3-6H,7H2,1-2H3,(H,18,19). The molecule has 2 aromatic rings. The Morgan fingerprint density at radius 1 is 1.30 bits per heavy atom. The molecule has 104 valence electrons. The Balaban J connectivity index is 2.14. The van der Waals surface area contributed by atoms with Gasteiger partial charge in [0.15, 0.2) is 0 Å². The first kappa shape index (κ1) is 14.8. The van der Waals surface area contributed by atoms with E-state index >= 15 is 0 Å². The van der Waals surface area contributed by atoms with Crippen LogP contribution < -0.4 is 0 Å². The number of carbonyl (C=O) groups is 1. The summed E-state index contributed by atoms with van der Waals surface area (Å²) in [5.41, 5.74) is 1.88. The largest absolute Gasteiger partial charge is 0.478 e. The van der Waals surface area contributed by atoms with Gasteiger partial charge in [0.05, 0.1) is 11.3 Å². The summed E-state index contributed by atoms with van der Waals surface area (Å²) in [6.45, 7) is 3.64. The maximum Gasteiger partial charge on any atom is 0.335 e. The van der Waals surface area contributed by atoms with Crippen LogP contribution in [0.5, 0.6) is 0 Å². The number of aryl methyl sites for hydroxylation is 2. The van der Waals surface area contributed by atoms with E-state index in [1.54, 1.807) is 25.1 Å². The molecule has 2 rings (SSSR count). The van der Waals surface area contributed by atoms with Gasteiger partial charge in [-0.25, -0.2) is 14.8 Å². The molecule has 0 atom stereocenters. The average Bonchev–Trinajstić information content (AvgIpc) is 2.36. The molecule has 6 heteroatoms. The first-order chi connectivity index (χ1) is 9.45. The Hall–Kier alpha value is -1.59. The van der Waals surface area contributed by atoms with Crippen LogP contribution in [-0.4, -0.2) is 21.0 Å². The first-order valence-electron chi connectivity index (χ1n) is 5.92. The highest BCUT2D eigenvalue weighted by Gasteiger charge is 2.09. The third-order valence-corrected chi connectivity index (χ3v) is 3.86. The van der Waals surface area contributed by atoms with Crippen molar-refractivity contribution in [3.63, 3.8) is 0 Å². The second-order valence-electron chi connectivity index (χ2n) is 4.32. The highest BCUT2D eigenvalue weighted by atomic mass is 35.5. The molecule has 0 aliphatic rings. The Morgan fingerprint density at radius 3 is 2.70 bits per heavy atom. The SMILES string of the molecule is Cc1cc(Cl)nc(CSc2ccc(C)c(C(=O)O)c2)n1. The summed E-state index contributed by atoms with van der Waals surface area (Å²) in [5.74, 6) is 0.265. The number of aromatic nitrogens is 2. The zero-order valence-corrected chi connectivity index (χ0v) is 12.6. The molecule has 0 spiro atoms. The lowest BCUT2D eigenvalue weighted by molar-refractivity contribution is 0.0696. The van der Waals surface area contributed by atoms with E-state index < -0.39 is 5.97 Å². The van der Waals surface area contributed by atoms with Crippen LogP contribution >= 0.6 is 23.4 Å².